The first kappa shape index (κ1) is 19.3. The highest BCUT2D eigenvalue weighted by molar-refractivity contribution is 6.01. The minimum absolute atomic E-state index is 0.174. The van der Waals surface area contributed by atoms with Crippen LogP contribution in [0.1, 0.15) is 21.9 Å². The third-order valence-electron chi connectivity index (χ3n) is 4.27. The van der Waals surface area contributed by atoms with Crippen molar-refractivity contribution in [3.05, 3.63) is 90.3 Å². The predicted octanol–water partition coefficient (Wildman–Crippen LogP) is 3.76. The number of furan rings is 1. The molecule has 8 heteroatoms. The maximum absolute atomic E-state index is 12.4. The largest absolute Gasteiger partial charge is 0.493 e. The zero-order valence-electron chi connectivity index (χ0n) is 16.3. The number of nitrogens with one attached hydrogen (secondary N) is 1. The molecule has 3 aromatic heterocycles. The Labute approximate surface area is 173 Å². The first-order valence-corrected chi connectivity index (χ1v) is 9.29. The smallest absolute Gasteiger partial charge is 0.292 e. The van der Waals surface area contributed by atoms with Crippen molar-refractivity contribution >= 4 is 11.7 Å². The van der Waals surface area contributed by atoms with Gasteiger partial charge in [-0.3, -0.25) is 14.5 Å². The third kappa shape index (κ3) is 4.67. The Kier molecular flexibility index (Phi) is 5.75. The molecule has 0 aliphatic carbocycles. The Morgan fingerprint density at radius 3 is 2.77 bits per heavy atom. The minimum Gasteiger partial charge on any atom is -0.493 e. The van der Waals surface area contributed by atoms with Gasteiger partial charge in [0.05, 0.1) is 13.7 Å². The van der Waals surface area contributed by atoms with Crippen LogP contribution in [0.15, 0.2) is 77.6 Å². The molecule has 0 saturated heterocycles. The molecule has 1 aromatic carbocycles. The molecule has 1 N–H and O–H groups in total. The van der Waals surface area contributed by atoms with Gasteiger partial charge in [-0.25, -0.2) is 0 Å². The SMILES string of the molecule is COc1ccccc1OCc1ccc(C(=O)Nc2ccn(Cc3cccnc3)n2)o1. The molecule has 0 radical (unpaired) electrons. The minimum atomic E-state index is -0.384. The number of carbonyl (C=O) groups is 1. The number of carbonyl (C=O) groups excluding carboxylic acids is 1. The van der Waals surface area contributed by atoms with E-state index in [9.17, 15) is 4.79 Å². The van der Waals surface area contributed by atoms with Crippen LogP contribution in [0.2, 0.25) is 0 Å². The molecule has 1 amide bonds. The fourth-order valence-electron chi connectivity index (χ4n) is 2.84. The van der Waals surface area contributed by atoms with Crippen molar-refractivity contribution in [3.8, 4) is 11.5 Å². The standard InChI is InChI=1S/C22H20N4O4/c1-28-18-6-2-3-7-19(18)29-15-17-8-9-20(30-17)22(27)24-21-10-12-26(25-21)14-16-5-4-11-23-13-16/h2-13H,14-15H2,1H3,(H,24,25,27). The lowest BCUT2D eigenvalue weighted by atomic mass is 10.3. The van der Waals surface area contributed by atoms with Gasteiger partial charge in [-0.2, -0.15) is 5.10 Å². The van der Waals surface area contributed by atoms with E-state index in [4.69, 9.17) is 13.9 Å². The number of benzene rings is 1. The molecular weight excluding hydrogens is 384 g/mol. The number of nitrogens with zero attached hydrogens (tertiary/aromatic N) is 3. The molecule has 8 nitrogen and oxygen atoms in total. The van der Waals surface area contributed by atoms with Crippen LogP contribution >= 0.6 is 0 Å². The van der Waals surface area contributed by atoms with E-state index >= 15 is 0 Å². The van der Waals surface area contributed by atoms with Crippen molar-refractivity contribution in [1.82, 2.24) is 14.8 Å². The van der Waals surface area contributed by atoms with Crippen LogP contribution in [0.3, 0.4) is 0 Å². The van der Waals surface area contributed by atoms with Crippen molar-refractivity contribution in [2.24, 2.45) is 0 Å². The second kappa shape index (κ2) is 8.95. The van der Waals surface area contributed by atoms with Gasteiger partial charge in [0.2, 0.25) is 0 Å². The lowest BCUT2D eigenvalue weighted by Gasteiger charge is -2.08. The van der Waals surface area contributed by atoms with E-state index in [0.29, 0.717) is 29.6 Å². The Morgan fingerprint density at radius 1 is 1.10 bits per heavy atom. The van der Waals surface area contributed by atoms with Crippen LogP contribution in [0.5, 0.6) is 11.5 Å². The summed E-state index contributed by atoms with van der Waals surface area (Å²) in [5, 5.41) is 7.08. The molecule has 0 fully saturated rings. The van der Waals surface area contributed by atoms with Gasteiger partial charge in [-0.05, 0) is 35.9 Å². The van der Waals surface area contributed by atoms with Gasteiger partial charge in [0.25, 0.3) is 5.91 Å². The molecule has 0 aliphatic heterocycles. The predicted molar refractivity (Wildman–Crippen MR) is 110 cm³/mol. The molecule has 0 spiro atoms. The van der Waals surface area contributed by atoms with E-state index in [-0.39, 0.29) is 18.3 Å². The third-order valence-corrected chi connectivity index (χ3v) is 4.27. The normalized spacial score (nSPS) is 10.6. The lowest BCUT2D eigenvalue weighted by molar-refractivity contribution is 0.0992. The van der Waals surface area contributed by atoms with Crippen molar-refractivity contribution in [3.63, 3.8) is 0 Å². The second-order valence-electron chi connectivity index (χ2n) is 6.42. The number of hydrogen-bond acceptors (Lipinski definition) is 6. The highest BCUT2D eigenvalue weighted by atomic mass is 16.5. The Balaban J connectivity index is 1.34. The maximum Gasteiger partial charge on any atom is 0.292 e. The Morgan fingerprint density at radius 2 is 1.97 bits per heavy atom. The summed E-state index contributed by atoms with van der Waals surface area (Å²) in [6.07, 6.45) is 5.28. The summed E-state index contributed by atoms with van der Waals surface area (Å²) >= 11 is 0. The number of methoxy groups -OCH3 is 1. The number of rotatable bonds is 8. The number of pyridine rings is 1. The Bertz CT molecular complexity index is 1120. The number of anilines is 1. The summed E-state index contributed by atoms with van der Waals surface area (Å²) in [6, 6.07) is 16.2. The fraction of sp³-hybridized carbons (Fsp3) is 0.136. The van der Waals surface area contributed by atoms with Crippen LogP contribution in [0.4, 0.5) is 5.82 Å². The molecule has 0 unspecified atom stereocenters. The molecule has 30 heavy (non-hydrogen) atoms. The van der Waals surface area contributed by atoms with Crippen LogP contribution in [0, 0.1) is 0 Å². The van der Waals surface area contributed by atoms with Crippen LogP contribution in [0.25, 0.3) is 0 Å². The second-order valence-corrected chi connectivity index (χ2v) is 6.42. The van der Waals surface area contributed by atoms with E-state index in [2.05, 4.69) is 15.4 Å². The summed E-state index contributed by atoms with van der Waals surface area (Å²) in [5.41, 5.74) is 1.02. The molecular formula is C22H20N4O4. The summed E-state index contributed by atoms with van der Waals surface area (Å²) < 4.78 is 18.3. The molecule has 0 bridgehead atoms. The zero-order chi connectivity index (χ0) is 20.8. The molecule has 0 aliphatic rings. The average molecular weight is 404 g/mol. The lowest BCUT2D eigenvalue weighted by Crippen LogP contribution is -2.12. The molecule has 0 saturated carbocycles. The van der Waals surface area contributed by atoms with Gasteiger partial charge >= 0.3 is 0 Å². The van der Waals surface area contributed by atoms with E-state index in [0.717, 1.165) is 5.56 Å². The van der Waals surface area contributed by atoms with Crippen molar-refractivity contribution in [2.75, 3.05) is 12.4 Å². The van der Waals surface area contributed by atoms with Crippen molar-refractivity contribution < 1.29 is 18.7 Å². The van der Waals surface area contributed by atoms with Crippen molar-refractivity contribution in [2.45, 2.75) is 13.2 Å². The van der Waals surface area contributed by atoms with Crippen LogP contribution < -0.4 is 14.8 Å². The topological polar surface area (TPSA) is 91.4 Å². The molecule has 4 rings (SSSR count). The highest BCUT2D eigenvalue weighted by Gasteiger charge is 2.14. The van der Waals surface area contributed by atoms with Gasteiger partial charge in [0.1, 0.15) is 12.4 Å². The molecule has 0 atom stereocenters. The van der Waals surface area contributed by atoms with Gasteiger partial charge in [0, 0.05) is 24.7 Å². The quantitative estimate of drug-likeness (QED) is 0.481. The van der Waals surface area contributed by atoms with E-state index in [1.165, 1.54) is 0 Å². The highest BCUT2D eigenvalue weighted by Crippen LogP contribution is 2.26. The van der Waals surface area contributed by atoms with Crippen LogP contribution in [-0.4, -0.2) is 27.8 Å². The number of para-hydroxylation sites is 2. The van der Waals surface area contributed by atoms with E-state index in [1.54, 1.807) is 54.6 Å². The van der Waals surface area contributed by atoms with E-state index in [1.807, 2.05) is 30.3 Å². The van der Waals surface area contributed by atoms with Gasteiger partial charge in [-0.1, -0.05) is 18.2 Å². The summed E-state index contributed by atoms with van der Waals surface area (Å²) in [6.45, 7) is 0.738. The number of ether oxygens (including phenoxy) is 2. The number of amides is 1. The first-order chi connectivity index (χ1) is 14.7. The van der Waals surface area contributed by atoms with Gasteiger partial charge in [-0.15, -0.1) is 0 Å². The summed E-state index contributed by atoms with van der Waals surface area (Å²) in [7, 11) is 1.58. The van der Waals surface area contributed by atoms with Crippen molar-refractivity contribution in [1.29, 1.82) is 0 Å². The van der Waals surface area contributed by atoms with E-state index < -0.39 is 0 Å². The number of hydrogen-bond donors (Lipinski definition) is 1. The number of aromatic nitrogens is 3. The van der Waals surface area contributed by atoms with Crippen LogP contribution in [-0.2, 0) is 13.2 Å². The monoisotopic (exact) mass is 404 g/mol. The molecule has 4 aromatic rings. The molecule has 3 heterocycles. The Hall–Kier alpha value is -4.07. The average Bonchev–Trinajstić information content (AvgIpc) is 3.43. The first-order valence-electron chi connectivity index (χ1n) is 9.29. The zero-order valence-corrected chi connectivity index (χ0v) is 16.3. The molecule has 152 valence electrons. The van der Waals surface area contributed by atoms with Gasteiger partial charge < -0.3 is 19.2 Å². The maximum atomic E-state index is 12.4. The fourth-order valence-corrected chi connectivity index (χ4v) is 2.84. The van der Waals surface area contributed by atoms with Gasteiger partial charge in [0.15, 0.2) is 23.1 Å². The summed E-state index contributed by atoms with van der Waals surface area (Å²) in [5.74, 6) is 1.98. The summed E-state index contributed by atoms with van der Waals surface area (Å²) in [4.78, 5) is 16.5.